The molecule has 0 bridgehead atoms. The van der Waals surface area contributed by atoms with Crippen molar-refractivity contribution in [2.24, 2.45) is 7.05 Å². The number of fused-ring (bicyclic) bond motifs is 5. The highest BCUT2D eigenvalue weighted by atomic mass is 16.3. The van der Waals surface area contributed by atoms with E-state index in [4.69, 9.17) is 0 Å². The van der Waals surface area contributed by atoms with E-state index in [2.05, 4.69) is 29.8 Å². The Kier molecular flexibility index (Phi) is 1.93. The van der Waals surface area contributed by atoms with Gasteiger partial charge >= 0.3 is 0 Å². The molecular formula is C17H13NO. The van der Waals surface area contributed by atoms with E-state index in [9.17, 15) is 5.11 Å². The second kappa shape index (κ2) is 3.51. The molecular weight excluding hydrogens is 234 g/mol. The van der Waals surface area contributed by atoms with Crippen LogP contribution in [0.2, 0.25) is 0 Å². The summed E-state index contributed by atoms with van der Waals surface area (Å²) < 4.78 is 2.16. The van der Waals surface area contributed by atoms with Crippen molar-refractivity contribution in [2.75, 3.05) is 0 Å². The van der Waals surface area contributed by atoms with Crippen LogP contribution < -0.4 is 0 Å². The van der Waals surface area contributed by atoms with E-state index >= 15 is 0 Å². The maximum atomic E-state index is 10.4. The quantitative estimate of drug-likeness (QED) is 0.495. The van der Waals surface area contributed by atoms with Crippen LogP contribution in [0.3, 0.4) is 0 Å². The molecule has 0 atom stereocenters. The minimum atomic E-state index is 0.352. The number of nitrogens with zero attached hydrogens (tertiary/aromatic N) is 1. The second-order valence-corrected chi connectivity index (χ2v) is 4.92. The predicted octanol–water partition coefficient (Wildman–Crippen LogP) is 4.19. The van der Waals surface area contributed by atoms with Crippen molar-refractivity contribution in [3.8, 4) is 5.75 Å². The molecule has 0 aliphatic carbocycles. The molecule has 0 radical (unpaired) electrons. The van der Waals surface area contributed by atoms with Crippen molar-refractivity contribution in [1.82, 2.24) is 4.57 Å². The topological polar surface area (TPSA) is 25.2 Å². The first-order valence-corrected chi connectivity index (χ1v) is 6.35. The normalized spacial score (nSPS) is 11.6. The van der Waals surface area contributed by atoms with Gasteiger partial charge in [0.1, 0.15) is 5.75 Å². The van der Waals surface area contributed by atoms with Crippen molar-refractivity contribution in [2.45, 2.75) is 0 Å². The fourth-order valence-electron chi connectivity index (χ4n) is 3.03. The molecule has 2 heteroatoms. The fourth-order valence-corrected chi connectivity index (χ4v) is 3.03. The number of rotatable bonds is 0. The first kappa shape index (κ1) is 10.4. The van der Waals surface area contributed by atoms with E-state index in [1.54, 1.807) is 0 Å². The number of phenolic OH excluding ortho intramolecular Hbond substituents is 1. The third-order valence-corrected chi connectivity index (χ3v) is 3.87. The Hall–Kier alpha value is -2.48. The minimum Gasteiger partial charge on any atom is -0.507 e. The smallest absolute Gasteiger partial charge is 0.126 e. The summed E-state index contributed by atoms with van der Waals surface area (Å²) in [4.78, 5) is 0. The molecule has 0 saturated heterocycles. The fraction of sp³-hybridized carbons (Fsp3) is 0.0588. The van der Waals surface area contributed by atoms with Crippen LogP contribution in [0.4, 0.5) is 0 Å². The Morgan fingerprint density at radius 3 is 2.42 bits per heavy atom. The van der Waals surface area contributed by atoms with Gasteiger partial charge in [-0.15, -0.1) is 0 Å². The van der Waals surface area contributed by atoms with Gasteiger partial charge in [-0.3, -0.25) is 0 Å². The lowest BCUT2D eigenvalue weighted by Gasteiger charge is -2.05. The van der Waals surface area contributed by atoms with E-state index in [0.717, 1.165) is 27.2 Å². The summed E-state index contributed by atoms with van der Waals surface area (Å²) in [6.45, 7) is 0. The number of aromatic hydroxyl groups is 1. The molecule has 0 aliphatic rings. The summed E-state index contributed by atoms with van der Waals surface area (Å²) in [6, 6.07) is 18.2. The Bertz CT molecular complexity index is 934. The third kappa shape index (κ3) is 1.26. The predicted molar refractivity (Wildman–Crippen MR) is 79.6 cm³/mol. The number of aromatic nitrogens is 1. The summed E-state index contributed by atoms with van der Waals surface area (Å²) in [5, 5.41) is 14.7. The van der Waals surface area contributed by atoms with Gasteiger partial charge in [0.2, 0.25) is 0 Å². The van der Waals surface area contributed by atoms with Crippen LogP contribution in [0.25, 0.3) is 32.6 Å². The summed E-state index contributed by atoms with van der Waals surface area (Å²) in [5.74, 6) is 0.352. The van der Waals surface area contributed by atoms with Crippen LogP contribution in [-0.4, -0.2) is 9.67 Å². The van der Waals surface area contributed by atoms with Gasteiger partial charge in [-0.1, -0.05) is 42.5 Å². The highest BCUT2D eigenvalue weighted by Crippen LogP contribution is 2.39. The Balaban J connectivity index is 2.43. The van der Waals surface area contributed by atoms with Crippen molar-refractivity contribution in [1.29, 1.82) is 0 Å². The molecule has 0 unspecified atom stereocenters. The van der Waals surface area contributed by atoms with Gasteiger partial charge in [0.15, 0.2) is 0 Å². The Labute approximate surface area is 110 Å². The zero-order valence-electron chi connectivity index (χ0n) is 10.6. The first-order valence-electron chi connectivity index (χ1n) is 6.35. The average molecular weight is 247 g/mol. The second-order valence-electron chi connectivity index (χ2n) is 4.92. The van der Waals surface area contributed by atoms with Gasteiger partial charge in [0.25, 0.3) is 0 Å². The van der Waals surface area contributed by atoms with E-state index in [0.29, 0.717) is 5.75 Å². The lowest BCUT2D eigenvalue weighted by atomic mass is 10.0. The number of hydrogen-bond donors (Lipinski definition) is 1. The molecule has 1 aromatic heterocycles. The van der Waals surface area contributed by atoms with Crippen LogP contribution >= 0.6 is 0 Å². The summed E-state index contributed by atoms with van der Waals surface area (Å²) in [7, 11) is 2.05. The largest absolute Gasteiger partial charge is 0.507 e. The van der Waals surface area contributed by atoms with Gasteiger partial charge in [0.05, 0.1) is 5.52 Å². The standard InChI is InChI=1S/C17H13NO/c1-18-14-9-5-4-8-13(14)16-15(19)10-11-6-2-3-7-12(11)17(16)18/h2-10,19H,1H3. The van der Waals surface area contributed by atoms with Crippen LogP contribution in [0.15, 0.2) is 54.6 Å². The van der Waals surface area contributed by atoms with Crippen LogP contribution in [0, 0.1) is 0 Å². The van der Waals surface area contributed by atoms with Crippen molar-refractivity contribution < 1.29 is 5.11 Å². The molecule has 1 N–H and O–H groups in total. The molecule has 0 saturated carbocycles. The third-order valence-electron chi connectivity index (χ3n) is 3.87. The highest BCUT2D eigenvalue weighted by Gasteiger charge is 2.14. The van der Waals surface area contributed by atoms with Gasteiger partial charge in [-0.05, 0) is 17.5 Å². The molecule has 0 aliphatic heterocycles. The lowest BCUT2D eigenvalue weighted by Crippen LogP contribution is -1.87. The van der Waals surface area contributed by atoms with E-state index < -0.39 is 0 Å². The zero-order valence-corrected chi connectivity index (χ0v) is 10.6. The molecule has 0 amide bonds. The molecule has 4 aromatic rings. The molecule has 1 heterocycles. The van der Waals surface area contributed by atoms with Crippen LogP contribution in [-0.2, 0) is 7.05 Å². The summed E-state index contributed by atoms with van der Waals surface area (Å²) >= 11 is 0. The van der Waals surface area contributed by atoms with E-state index in [-0.39, 0.29) is 0 Å². The van der Waals surface area contributed by atoms with Gasteiger partial charge in [-0.25, -0.2) is 0 Å². The van der Waals surface area contributed by atoms with Gasteiger partial charge < -0.3 is 9.67 Å². The van der Waals surface area contributed by atoms with Crippen LogP contribution in [0.1, 0.15) is 0 Å². The van der Waals surface area contributed by atoms with Gasteiger partial charge in [0, 0.05) is 28.7 Å². The molecule has 92 valence electrons. The maximum Gasteiger partial charge on any atom is 0.126 e. The van der Waals surface area contributed by atoms with Crippen LogP contribution in [0.5, 0.6) is 5.75 Å². The molecule has 19 heavy (non-hydrogen) atoms. The highest BCUT2D eigenvalue weighted by molar-refractivity contribution is 6.20. The zero-order chi connectivity index (χ0) is 13.0. The monoisotopic (exact) mass is 247 g/mol. The lowest BCUT2D eigenvalue weighted by molar-refractivity contribution is 0.482. The molecule has 3 aromatic carbocycles. The van der Waals surface area contributed by atoms with Crippen molar-refractivity contribution in [3.05, 3.63) is 54.6 Å². The Morgan fingerprint density at radius 1 is 0.895 bits per heavy atom. The number of benzene rings is 3. The maximum absolute atomic E-state index is 10.4. The first-order chi connectivity index (χ1) is 9.27. The van der Waals surface area contributed by atoms with E-state index in [1.165, 1.54) is 5.39 Å². The summed E-state index contributed by atoms with van der Waals surface area (Å²) in [5.41, 5.74) is 2.24. The average Bonchev–Trinajstić information content (AvgIpc) is 2.74. The van der Waals surface area contributed by atoms with Crippen molar-refractivity contribution in [3.63, 3.8) is 0 Å². The number of para-hydroxylation sites is 1. The van der Waals surface area contributed by atoms with E-state index in [1.807, 2.05) is 36.4 Å². The van der Waals surface area contributed by atoms with Crippen molar-refractivity contribution >= 4 is 32.6 Å². The summed E-state index contributed by atoms with van der Waals surface area (Å²) in [6.07, 6.45) is 0. The number of hydrogen-bond acceptors (Lipinski definition) is 1. The SMILES string of the molecule is Cn1c2ccccc2c2c(O)cc3ccccc3c21. The number of aryl methyl sites for hydroxylation is 1. The number of phenols is 1. The molecule has 0 fully saturated rings. The molecule has 4 rings (SSSR count). The minimum absolute atomic E-state index is 0.352. The van der Waals surface area contributed by atoms with Gasteiger partial charge in [-0.2, -0.15) is 0 Å². The molecule has 0 spiro atoms. The Morgan fingerprint density at radius 2 is 1.58 bits per heavy atom. The molecule has 2 nitrogen and oxygen atoms in total.